The molecule has 0 radical (unpaired) electrons. The van der Waals surface area contributed by atoms with Gasteiger partial charge >= 0.3 is 0 Å². The van der Waals surface area contributed by atoms with Crippen LogP contribution in [-0.4, -0.2) is 5.11 Å². The maximum Gasteiger partial charge on any atom is 0.132 e. The van der Waals surface area contributed by atoms with E-state index in [1.807, 2.05) is 0 Å². The van der Waals surface area contributed by atoms with E-state index in [-0.39, 0.29) is 5.56 Å². The quantitative estimate of drug-likeness (QED) is 0.826. The van der Waals surface area contributed by atoms with Crippen LogP contribution in [0, 0.1) is 11.6 Å². The normalized spacial score (nSPS) is 12.7. The second-order valence-corrected chi connectivity index (χ2v) is 3.13. The molecule has 78 valence electrons. The molecule has 0 bridgehead atoms. The molecule has 4 heteroatoms. The third-order valence-electron chi connectivity index (χ3n) is 2.12. The van der Waals surface area contributed by atoms with Crippen molar-refractivity contribution < 1.29 is 18.3 Å². The summed E-state index contributed by atoms with van der Waals surface area (Å²) in [5.41, 5.74) is 0.457. The van der Waals surface area contributed by atoms with Gasteiger partial charge in [-0.25, -0.2) is 8.78 Å². The van der Waals surface area contributed by atoms with E-state index in [2.05, 4.69) is 0 Å². The van der Waals surface area contributed by atoms with E-state index >= 15 is 0 Å². The summed E-state index contributed by atoms with van der Waals surface area (Å²) < 4.78 is 30.6. The minimum atomic E-state index is -1.13. The first kappa shape index (κ1) is 9.86. The smallest absolute Gasteiger partial charge is 0.132 e. The Morgan fingerprint density at radius 2 is 2.00 bits per heavy atom. The fourth-order valence-corrected chi connectivity index (χ4v) is 1.33. The lowest BCUT2D eigenvalue weighted by Crippen LogP contribution is -2.01. The van der Waals surface area contributed by atoms with Crippen LogP contribution in [0.25, 0.3) is 0 Å². The molecule has 0 amide bonds. The van der Waals surface area contributed by atoms with E-state index in [1.165, 1.54) is 24.7 Å². The zero-order chi connectivity index (χ0) is 10.8. The Kier molecular flexibility index (Phi) is 2.51. The van der Waals surface area contributed by atoms with Crippen LogP contribution in [0.5, 0.6) is 0 Å². The first-order valence-electron chi connectivity index (χ1n) is 4.33. The number of furan rings is 1. The van der Waals surface area contributed by atoms with Gasteiger partial charge in [0.15, 0.2) is 0 Å². The first-order valence-corrected chi connectivity index (χ1v) is 4.33. The number of rotatable bonds is 2. The van der Waals surface area contributed by atoms with E-state index in [1.54, 1.807) is 0 Å². The fraction of sp³-hybridized carbons (Fsp3) is 0.0909. The predicted octanol–water partition coefficient (Wildman–Crippen LogP) is 2.64. The topological polar surface area (TPSA) is 33.4 Å². The summed E-state index contributed by atoms with van der Waals surface area (Å²) in [5.74, 6) is -1.45. The Morgan fingerprint density at radius 1 is 1.20 bits per heavy atom. The lowest BCUT2D eigenvalue weighted by Gasteiger charge is -2.09. The van der Waals surface area contributed by atoms with Gasteiger partial charge in [0.25, 0.3) is 0 Å². The van der Waals surface area contributed by atoms with Gasteiger partial charge in [0.1, 0.15) is 17.7 Å². The molecule has 0 fully saturated rings. The summed E-state index contributed by atoms with van der Waals surface area (Å²) in [4.78, 5) is 0. The summed E-state index contributed by atoms with van der Waals surface area (Å²) >= 11 is 0. The van der Waals surface area contributed by atoms with Gasteiger partial charge in [0.2, 0.25) is 0 Å². The molecule has 1 atom stereocenters. The van der Waals surface area contributed by atoms with Gasteiger partial charge < -0.3 is 9.52 Å². The van der Waals surface area contributed by atoms with Crippen molar-refractivity contribution in [3.05, 3.63) is 59.6 Å². The molecule has 2 nitrogen and oxygen atoms in total. The lowest BCUT2D eigenvalue weighted by atomic mass is 10.0. The average molecular weight is 210 g/mol. The van der Waals surface area contributed by atoms with Crippen molar-refractivity contribution >= 4 is 0 Å². The Balaban J connectivity index is 2.38. The highest BCUT2D eigenvalue weighted by Crippen LogP contribution is 2.24. The molecule has 2 aromatic rings. The lowest BCUT2D eigenvalue weighted by molar-refractivity contribution is 0.213. The molecular formula is C11H8F2O2. The number of aliphatic hydroxyl groups is 1. The standard InChI is InChI=1S/C11H8F2O2/c12-8-1-2-9(10(13)5-8)11(14)7-3-4-15-6-7/h1-6,11,14H. The monoisotopic (exact) mass is 210 g/mol. The van der Waals surface area contributed by atoms with Crippen molar-refractivity contribution in [1.82, 2.24) is 0 Å². The van der Waals surface area contributed by atoms with Crippen molar-refractivity contribution in [2.75, 3.05) is 0 Å². The summed E-state index contributed by atoms with van der Waals surface area (Å²) in [5, 5.41) is 9.73. The van der Waals surface area contributed by atoms with E-state index in [0.29, 0.717) is 5.56 Å². The van der Waals surface area contributed by atoms with E-state index < -0.39 is 17.7 Å². The Bertz CT molecular complexity index is 452. The predicted molar refractivity (Wildman–Crippen MR) is 49.1 cm³/mol. The molecule has 2 rings (SSSR count). The van der Waals surface area contributed by atoms with Crippen molar-refractivity contribution in [1.29, 1.82) is 0 Å². The fourth-order valence-electron chi connectivity index (χ4n) is 1.33. The molecule has 0 spiro atoms. The van der Waals surface area contributed by atoms with Crippen LogP contribution >= 0.6 is 0 Å². The number of hydrogen-bond acceptors (Lipinski definition) is 2. The highest BCUT2D eigenvalue weighted by Gasteiger charge is 2.16. The van der Waals surface area contributed by atoms with Crippen molar-refractivity contribution in [3.8, 4) is 0 Å². The molecular weight excluding hydrogens is 202 g/mol. The van der Waals surface area contributed by atoms with Gasteiger partial charge in [0.05, 0.1) is 12.5 Å². The Labute approximate surface area is 84.8 Å². The second kappa shape index (κ2) is 3.82. The van der Waals surface area contributed by atoms with Crippen LogP contribution < -0.4 is 0 Å². The van der Waals surface area contributed by atoms with Crippen LogP contribution in [0.1, 0.15) is 17.2 Å². The van der Waals surface area contributed by atoms with Gasteiger partial charge in [-0.3, -0.25) is 0 Å². The highest BCUT2D eigenvalue weighted by molar-refractivity contribution is 5.28. The van der Waals surface area contributed by atoms with Crippen molar-refractivity contribution in [2.24, 2.45) is 0 Å². The molecule has 1 N–H and O–H groups in total. The number of aliphatic hydroxyl groups excluding tert-OH is 1. The van der Waals surface area contributed by atoms with E-state index in [0.717, 1.165) is 12.1 Å². The van der Waals surface area contributed by atoms with Gasteiger partial charge in [-0.15, -0.1) is 0 Å². The third-order valence-corrected chi connectivity index (χ3v) is 2.12. The maximum absolute atomic E-state index is 13.3. The molecule has 1 aromatic heterocycles. The van der Waals surface area contributed by atoms with Crippen molar-refractivity contribution in [3.63, 3.8) is 0 Å². The average Bonchev–Trinajstić information content (AvgIpc) is 2.69. The molecule has 1 aromatic carbocycles. The van der Waals surface area contributed by atoms with Crippen LogP contribution in [0.2, 0.25) is 0 Å². The number of hydrogen-bond donors (Lipinski definition) is 1. The summed E-state index contributed by atoms with van der Waals surface area (Å²) in [6.45, 7) is 0. The minimum Gasteiger partial charge on any atom is -0.472 e. The zero-order valence-electron chi connectivity index (χ0n) is 7.65. The van der Waals surface area contributed by atoms with Gasteiger partial charge in [0, 0.05) is 17.2 Å². The second-order valence-electron chi connectivity index (χ2n) is 3.13. The number of benzene rings is 1. The van der Waals surface area contributed by atoms with Gasteiger partial charge in [-0.1, -0.05) is 6.07 Å². The zero-order valence-corrected chi connectivity index (χ0v) is 7.65. The molecule has 0 saturated heterocycles. The molecule has 1 unspecified atom stereocenters. The maximum atomic E-state index is 13.3. The van der Waals surface area contributed by atoms with Gasteiger partial charge in [-0.05, 0) is 12.1 Å². The Morgan fingerprint density at radius 3 is 2.60 bits per heavy atom. The third kappa shape index (κ3) is 1.89. The first-order chi connectivity index (χ1) is 7.18. The summed E-state index contributed by atoms with van der Waals surface area (Å²) in [7, 11) is 0. The molecule has 0 aliphatic carbocycles. The summed E-state index contributed by atoms with van der Waals surface area (Å²) in [6, 6.07) is 4.57. The van der Waals surface area contributed by atoms with Crippen LogP contribution in [0.4, 0.5) is 8.78 Å². The van der Waals surface area contributed by atoms with Crippen LogP contribution in [0.15, 0.2) is 41.2 Å². The molecule has 0 aliphatic heterocycles. The highest BCUT2D eigenvalue weighted by atomic mass is 19.1. The minimum absolute atomic E-state index is 0.0257. The number of halogens is 2. The van der Waals surface area contributed by atoms with E-state index in [4.69, 9.17) is 4.42 Å². The summed E-state index contributed by atoms with van der Waals surface area (Å²) in [6.07, 6.45) is 1.55. The molecule has 0 saturated carbocycles. The molecule has 1 heterocycles. The van der Waals surface area contributed by atoms with E-state index in [9.17, 15) is 13.9 Å². The molecule has 15 heavy (non-hydrogen) atoms. The van der Waals surface area contributed by atoms with Crippen molar-refractivity contribution in [2.45, 2.75) is 6.10 Å². The SMILES string of the molecule is OC(c1ccoc1)c1ccc(F)cc1F. The van der Waals surface area contributed by atoms with Crippen LogP contribution in [-0.2, 0) is 0 Å². The van der Waals surface area contributed by atoms with Crippen LogP contribution in [0.3, 0.4) is 0 Å². The largest absolute Gasteiger partial charge is 0.472 e. The van der Waals surface area contributed by atoms with Gasteiger partial charge in [-0.2, -0.15) is 0 Å². The Hall–Kier alpha value is -1.68. The molecule has 0 aliphatic rings.